The van der Waals surface area contributed by atoms with Crippen LogP contribution in [0.5, 0.6) is 0 Å². The zero-order valence-electron chi connectivity index (χ0n) is 12.3. The minimum absolute atomic E-state index is 0.0438. The Morgan fingerprint density at radius 3 is 3.00 bits per heavy atom. The van der Waals surface area contributed by atoms with Gasteiger partial charge in [0.2, 0.25) is 0 Å². The number of carbonyl (C=O) groups excluding carboxylic acids is 1. The highest BCUT2D eigenvalue weighted by atomic mass is 16.5. The molecule has 21 heavy (non-hydrogen) atoms. The molecule has 4 heteroatoms. The van der Waals surface area contributed by atoms with Crippen LogP contribution >= 0.6 is 0 Å². The fourth-order valence-electron chi connectivity index (χ4n) is 1.93. The fourth-order valence-corrected chi connectivity index (χ4v) is 1.93. The van der Waals surface area contributed by atoms with Crippen LogP contribution in [-0.4, -0.2) is 49.3 Å². The zero-order chi connectivity index (χ0) is 15.1. The number of aliphatic hydroxyl groups is 1. The number of benzene rings is 1. The van der Waals surface area contributed by atoms with Crippen LogP contribution in [0.25, 0.3) is 0 Å². The van der Waals surface area contributed by atoms with E-state index in [0.717, 1.165) is 18.1 Å². The summed E-state index contributed by atoms with van der Waals surface area (Å²) in [6, 6.07) is 7.13. The second-order valence-corrected chi connectivity index (χ2v) is 5.29. The summed E-state index contributed by atoms with van der Waals surface area (Å²) < 4.78 is 5.55. The Kier molecular flexibility index (Phi) is 5.79. The van der Waals surface area contributed by atoms with Crippen molar-refractivity contribution in [3.05, 3.63) is 35.4 Å². The summed E-state index contributed by atoms with van der Waals surface area (Å²) in [6.45, 7) is 1.78. The van der Waals surface area contributed by atoms with Crippen molar-refractivity contribution in [3.63, 3.8) is 0 Å². The molecular weight excluding hydrogens is 266 g/mol. The first kappa shape index (κ1) is 15.6. The van der Waals surface area contributed by atoms with Crippen LogP contribution in [0.4, 0.5) is 0 Å². The second-order valence-electron chi connectivity index (χ2n) is 5.29. The number of aliphatic hydroxyl groups excluding tert-OH is 1. The number of nitrogens with zero attached hydrogens (tertiary/aromatic N) is 1. The molecule has 1 saturated carbocycles. The van der Waals surface area contributed by atoms with Gasteiger partial charge in [-0.3, -0.25) is 4.79 Å². The summed E-state index contributed by atoms with van der Waals surface area (Å²) in [4.78, 5) is 13.9. The normalized spacial score (nSPS) is 13.4. The Bertz CT molecular complexity index is 540. The molecule has 0 spiro atoms. The van der Waals surface area contributed by atoms with E-state index in [4.69, 9.17) is 9.84 Å². The highest BCUT2D eigenvalue weighted by Gasteiger charge is 2.21. The summed E-state index contributed by atoms with van der Waals surface area (Å²) in [7, 11) is 1.77. The van der Waals surface area contributed by atoms with E-state index in [1.165, 1.54) is 12.8 Å². The van der Waals surface area contributed by atoms with Gasteiger partial charge in [-0.15, -0.1) is 0 Å². The molecule has 2 rings (SSSR count). The SMILES string of the molecule is CN(CCOCC1CC1)C(=O)c1cccc(C#CCO)c1. The van der Waals surface area contributed by atoms with Crippen LogP contribution in [0, 0.1) is 17.8 Å². The minimum atomic E-state index is -0.184. The van der Waals surface area contributed by atoms with Crippen LogP contribution in [0.2, 0.25) is 0 Å². The zero-order valence-corrected chi connectivity index (χ0v) is 12.3. The topological polar surface area (TPSA) is 49.8 Å². The van der Waals surface area contributed by atoms with E-state index in [-0.39, 0.29) is 12.5 Å². The number of hydrogen-bond acceptors (Lipinski definition) is 3. The van der Waals surface area contributed by atoms with E-state index in [1.54, 1.807) is 30.1 Å². The van der Waals surface area contributed by atoms with Crippen LogP contribution in [0.1, 0.15) is 28.8 Å². The first-order valence-electron chi connectivity index (χ1n) is 7.23. The van der Waals surface area contributed by atoms with Gasteiger partial charge in [-0.05, 0) is 37.0 Å². The van der Waals surface area contributed by atoms with Gasteiger partial charge >= 0.3 is 0 Å². The van der Waals surface area contributed by atoms with Gasteiger partial charge in [0.15, 0.2) is 0 Å². The molecule has 0 atom stereocenters. The van der Waals surface area contributed by atoms with Crippen molar-refractivity contribution in [1.29, 1.82) is 0 Å². The molecular formula is C17H21NO3. The van der Waals surface area contributed by atoms with E-state index in [9.17, 15) is 4.79 Å². The summed E-state index contributed by atoms with van der Waals surface area (Å²) in [5.41, 5.74) is 1.33. The minimum Gasteiger partial charge on any atom is -0.384 e. The van der Waals surface area contributed by atoms with Gasteiger partial charge in [0.1, 0.15) is 6.61 Å². The number of carbonyl (C=O) groups is 1. The first-order valence-corrected chi connectivity index (χ1v) is 7.23. The smallest absolute Gasteiger partial charge is 0.253 e. The third-order valence-electron chi connectivity index (χ3n) is 3.39. The van der Waals surface area contributed by atoms with Crippen LogP contribution in [-0.2, 0) is 4.74 Å². The Labute approximate surface area is 125 Å². The lowest BCUT2D eigenvalue weighted by Gasteiger charge is -2.17. The molecule has 0 radical (unpaired) electrons. The predicted octanol–water partition coefficient (Wildman–Crippen LogP) is 1.53. The molecule has 1 aliphatic carbocycles. The van der Waals surface area contributed by atoms with E-state index < -0.39 is 0 Å². The van der Waals surface area contributed by atoms with Crippen molar-refractivity contribution in [3.8, 4) is 11.8 Å². The van der Waals surface area contributed by atoms with E-state index in [2.05, 4.69) is 11.8 Å². The molecule has 1 aromatic carbocycles. The van der Waals surface area contributed by atoms with Crippen LogP contribution in [0.3, 0.4) is 0 Å². The van der Waals surface area contributed by atoms with Gasteiger partial charge in [0.25, 0.3) is 5.91 Å². The Balaban J connectivity index is 1.85. The standard InChI is InChI=1S/C17H21NO3/c1-18(9-11-21-13-15-7-8-15)17(20)16-6-2-4-14(12-16)5-3-10-19/h2,4,6,12,15,19H,7-11,13H2,1H3. The van der Waals surface area contributed by atoms with Crippen molar-refractivity contribution in [1.82, 2.24) is 4.90 Å². The lowest BCUT2D eigenvalue weighted by Crippen LogP contribution is -2.30. The number of likely N-dealkylation sites (N-methyl/N-ethyl adjacent to an activating group) is 1. The Morgan fingerprint density at radius 2 is 2.29 bits per heavy atom. The quantitative estimate of drug-likeness (QED) is 0.637. The Morgan fingerprint density at radius 1 is 1.48 bits per heavy atom. The molecule has 0 saturated heterocycles. The van der Waals surface area contributed by atoms with Gasteiger partial charge in [0.05, 0.1) is 6.61 Å². The molecule has 1 aliphatic rings. The van der Waals surface area contributed by atoms with Crippen LogP contribution in [0.15, 0.2) is 24.3 Å². The maximum absolute atomic E-state index is 12.3. The van der Waals surface area contributed by atoms with E-state index in [0.29, 0.717) is 18.7 Å². The average molecular weight is 287 g/mol. The van der Waals surface area contributed by atoms with Crippen molar-refractivity contribution >= 4 is 5.91 Å². The van der Waals surface area contributed by atoms with Crippen molar-refractivity contribution < 1.29 is 14.6 Å². The lowest BCUT2D eigenvalue weighted by atomic mass is 10.1. The highest BCUT2D eigenvalue weighted by Crippen LogP contribution is 2.28. The molecule has 1 amide bonds. The first-order chi connectivity index (χ1) is 10.2. The number of rotatable bonds is 6. The molecule has 0 bridgehead atoms. The van der Waals surface area contributed by atoms with Crippen molar-refractivity contribution in [2.24, 2.45) is 5.92 Å². The van der Waals surface area contributed by atoms with Gasteiger partial charge in [-0.1, -0.05) is 17.9 Å². The van der Waals surface area contributed by atoms with Gasteiger partial charge in [-0.2, -0.15) is 0 Å². The molecule has 1 fully saturated rings. The molecule has 0 heterocycles. The van der Waals surface area contributed by atoms with Gasteiger partial charge in [-0.25, -0.2) is 0 Å². The molecule has 1 aromatic rings. The number of hydrogen-bond donors (Lipinski definition) is 1. The number of amides is 1. The second kappa shape index (κ2) is 7.82. The molecule has 0 unspecified atom stereocenters. The largest absolute Gasteiger partial charge is 0.384 e. The lowest BCUT2D eigenvalue weighted by molar-refractivity contribution is 0.0681. The maximum atomic E-state index is 12.3. The third kappa shape index (κ3) is 5.22. The molecule has 4 nitrogen and oxygen atoms in total. The highest BCUT2D eigenvalue weighted by molar-refractivity contribution is 5.94. The fraction of sp³-hybridized carbons (Fsp3) is 0.471. The molecule has 1 N–H and O–H groups in total. The summed E-state index contributed by atoms with van der Waals surface area (Å²) in [5.74, 6) is 6.08. The molecule has 0 aliphatic heterocycles. The van der Waals surface area contributed by atoms with Crippen molar-refractivity contribution in [2.75, 3.05) is 33.4 Å². The van der Waals surface area contributed by atoms with Crippen LogP contribution < -0.4 is 0 Å². The monoisotopic (exact) mass is 287 g/mol. The third-order valence-corrected chi connectivity index (χ3v) is 3.39. The molecule has 112 valence electrons. The Hall–Kier alpha value is -1.83. The van der Waals surface area contributed by atoms with Gasteiger partial charge in [0, 0.05) is 31.3 Å². The van der Waals surface area contributed by atoms with Gasteiger partial charge < -0.3 is 14.7 Å². The maximum Gasteiger partial charge on any atom is 0.253 e. The summed E-state index contributed by atoms with van der Waals surface area (Å²) in [5, 5.41) is 8.70. The van der Waals surface area contributed by atoms with E-state index >= 15 is 0 Å². The summed E-state index contributed by atoms with van der Waals surface area (Å²) >= 11 is 0. The summed E-state index contributed by atoms with van der Waals surface area (Å²) in [6.07, 6.45) is 2.55. The average Bonchev–Trinajstić information content (AvgIpc) is 3.33. The molecule has 0 aromatic heterocycles. The number of ether oxygens (including phenoxy) is 1. The van der Waals surface area contributed by atoms with Crippen molar-refractivity contribution in [2.45, 2.75) is 12.8 Å². The van der Waals surface area contributed by atoms with E-state index in [1.807, 2.05) is 6.07 Å². The predicted molar refractivity (Wildman–Crippen MR) is 80.9 cm³/mol.